The molecule has 0 fully saturated rings. The molecule has 1 aromatic rings. The van der Waals surface area contributed by atoms with E-state index in [0.29, 0.717) is 25.1 Å². The fourth-order valence-electron chi connectivity index (χ4n) is 1.64. The molecule has 0 aromatic heterocycles. The Balaban J connectivity index is 2.93. The molecular formula is C13H15F3N2O3. The number of halogens is 3. The highest BCUT2D eigenvalue weighted by atomic mass is 19.4. The predicted molar refractivity (Wildman–Crippen MR) is 70.2 cm³/mol. The maximum atomic E-state index is 12.7. The van der Waals surface area contributed by atoms with Crippen LogP contribution in [0.2, 0.25) is 0 Å². The second kappa shape index (κ2) is 7.07. The van der Waals surface area contributed by atoms with Crippen LogP contribution in [0.15, 0.2) is 18.2 Å². The van der Waals surface area contributed by atoms with Crippen molar-refractivity contribution in [1.82, 2.24) is 5.32 Å². The number of rotatable bonds is 6. The molecule has 0 spiro atoms. The van der Waals surface area contributed by atoms with E-state index in [1.807, 2.05) is 0 Å². The molecule has 116 valence electrons. The minimum Gasteiger partial charge on any atom is -0.478 e. The average Bonchev–Trinajstić information content (AvgIpc) is 2.37. The molecule has 8 heteroatoms. The van der Waals surface area contributed by atoms with Crippen molar-refractivity contribution in [3.63, 3.8) is 0 Å². The molecule has 0 saturated carbocycles. The van der Waals surface area contributed by atoms with Crippen LogP contribution in [0.5, 0.6) is 0 Å². The summed E-state index contributed by atoms with van der Waals surface area (Å²) in [5.41, 5.74) is -1.83. The molecule has 0 bridgehead atoms. The lowest BCUT2D eigenvalue weighted by molar-refractivity contribution is -0.137. The van der Waals surface area contributed by atoms with Gasteiger partial charge in [0.15, 0.2) is 0 Å². The minimum atomic E-state index is -4.68. The van der Waals surface area contributed by atoms with Crippen molar-refractivity contribution in [3.05, 3.63) is 29.3 Å². The van der Waals surface area contributed by atoms with Crippen molar-refractivity contribution in [2.24, 2.45) is 0 Å². The lowest BCUT2D eigenvalue weighted by atomic mass is 10.1. The number of carboxylic acids is 1. The lowest BCUT2D eigenvalue weighted by Crippen LogP contribution is -2.16. The summed E-state index contributed by atoms with van der Waals surface area (Å²) in [5, 5.41) is 13.9. The van der Waals surface area contributed by atoms with Gasteiger partial charge in [-0.2, -0.15) is 13.2 Å². The van der Waals surface area contributed by atoms with Crippen molar-refractivity contribution >= 4 is 17.6 Å². The van der Waals surface area contributed by atoms with Crippen LogP contribution in [-0.2, 0) is 11.0 Å². The normalized spacial score (nSPS) is 11.2. The Hall–Kier alpha value is -2.09. The SMILES string of the molecule is CNCCCC(=O)Nc1cc(C(=O)O)cc(C(F)(F)F)c1. The van der Waals surface area contributed by atoms with Gasteiger partial charge in [0.2, 0.25) is 5.91 Å². The number of carbonyl (C=O) groups excluding carboxylic acids is 1. The number of carbonyl (C=O) groups is 2. The zero-order chi connectivity index (χ0) is 16.0. The molecule has 0 aliphatic carbocycles. The van der Waals surface area contributed by atoms with Gasteiger partial charge in [0.1, 0.15) is 0 Å². The molecule has 5 nitrogen and oxygen atoms in total. The molecule has 3 N–H and O–H groups in total. The van der Waals surface area contributed by atoms with Crippen LogP contribution in [0.4, 0.5) is 18.9 Å². The molecule has 0 unspecified atom stereocenters. The minimum absolute atomic E-state index is 0.124. The van der Waals surface area contributed by atoms with Crippen molar-refractivity contribution < 1.29 is 27.9 Å². The third-order valence-corrected chi connectivity index (χ3v) is 2.62. The summed E-state index contributed by atoms with van der Waals surface area (Å²) in [4.78, 5) is 22.4. The van der Waals surface area contributed by atoms with Crippen molar-refractivity contribution in [1.29, 1.82) is 0 Å². The molecule has 0 radical (unpaired) electrons. The Morgan fingerprint density at radius 3 is 2.43 bits per heavy atom. The van der Waals surface area contributed by atoms with E-state index >= 15 is 0 Å². The monoisotopic (exact) mass is 304 g/mol. The van der Waals surface area contributed by atoms with Gasteiger partial charge in [0.05, 0.1) is 11.1 Å². The van der Waals surface area contributed by atoms with Gasteiger partial charge in [-0.1, -0.05) is 0 Å². The highest BCUT2D eigenvalue weighted by Gasteiger charge is 2.32. The fourth-order valence-corrected chi connectivity index (χ4v) is 1.64. The number of aromatic carboxylic acids is 1. The first-order valence-electron chi connectivity index (χ1n) is 6.14. The van der Waals surface area contributed by atoms with Gasteiger partial charge in [-0.15, -0.1) is 0 Å². The van der Waals surface area contributed by atoms with Crippen LogP contribution >= 0.6 is 0 Å². The van der Waals surface area contributed by atoms with Gasteiger partial charge in [0.25, 0.3) is 0 Å². The molecule has 1 rings (SSSR count). The summed E-state index contributed by atoms with van der Waals surface area (Å²) >= 11 is 0. The molecule has 21 heavy (non-hydrogen) atoms. The van der Waals surface area contributed by atoms with Crippen molar-refractivity contribution in [3.8, 4) is 0 Å². The zero-order valence-electron chi connectivity index (χ0n) is 11.3. The largest absolute Gasteiger partial charge is 0.478 e. The highest BCUT2D eigenvalue weighted by Crippen LogP contribution is 2.32. The molecule has 0 saturated heterocycles. The van der Waals surface area contributed by atoms with Crippen LogP contribution in [0, 0.1) is 0 Å². The maximum Gasteiger partial charge on any atom is 0.416 e. The quantitative estimate of drug-likeness (QED) is 0.705. The fraction of sp³-hybridized carbons (Fsp3) is 0.385. The van der Waals surface area contributed by atoms with E-state index in [9.17, 15) is 22.8 Å². The molecule has 0 aliphatic rings. The molecule has 0 atom stereocenters. The standard InChI is InChI=1S/C13H15F3N2O3/c1-17-4-2-3-11(19)18-10-6-8(12(20)21)5-9(7-10)13(14,15)16/h5-7,17H,2-4H2,1H3,(H,18,19)(H,20,21). The number of anilines is 1. The molecular weight excluding hydrogens is 289 g/mol. The van der Waals surface area contributed by atoms with Gasteiger partial charge in [-0.25, -0.2) is 4.79 Å². The maximum absolute atomic E-state index is 12.7. The second-order valence-corrected chi connectivity index (χ2v) is 4.36. The topological polar surface area (TPSA) is 78.4 Å². The zero-order valence-corrected chi connectivity index (χ0v) is 11.3. The van der Waals surface area contributed by atoms with Crippen LogP contribution in [0.1, 0.15) is 28.8 Å². The van der Waals surface area contributed by atoms with Crippen LogP contribution in [0.3, 0.4) is 0 Å². The first-order chi connectivity index (χ1) is 9.74. The Labute approximate surface area is 119 Å². The number of amides is 1. The second-order valence-electron chi connectivity index (χ2n) is 4.36. The highest BCUT2D eigenvalue weighted by molar-refractivity contribution is 5.94. The molecule has 1 amide bonds. The number of alkyl halides is 3. The van der Waals surface area contributed by atoms with Gasteiger partial charge in [-0.3, -0.25) is 4.79 Å². The summed E-state index contributed by atoms with van der Waals surface area (Å²) < 4.78 is 38.0. The number of carboxylic acid groups (broad SMARTS) is 1. The van der Waals surface area contributed by atoms with E-state index in [4.69, 9.17) is 5.11 Å². The van der Waals surface area contributed by atoms with E-state index in [2.05, 4.69) is 10.6 Å². The van der Waals surface area contributed by atoms with E-state index < -0.39 is 29.2 Å². The van der Waals surface area contributed by atoms with Crippen LogP contribution < -0.4 is 10.6 Å². The van der Waals surface area contributed by atoms with Crippen molar-refractivity contribution in [2.75, 3.05) is 18.9 Å². The van der Waals surface area contributed by atoms with E-state index in [-0.39, 0.29) is 12.1 Å². The number of benzene rings is 1. The Morgan fingerprint density at radius 1 is 1.24 bits per heavy atom. The van der Waals surface area contributed by atoms with Gasteiger partial charge >= 0.3 is 12.1 Å². The Bertz CT molecular complexity index is 530. The predicted octanol–water partition coefficient (Wildman–Crippen LogP) is 2.34. The van der Waals surface area contributed by atoms with Crippen molar-refractivity contribution in [2.45, 2.75) is 19.0 Å². The van der Waals surface area contributed by atoms with Gasteiger partial charge in [-0.05, 0) is 38.2 Å². The molecule has 0 heterocycles. The van der Waals surface area contributed by atoms with Gasteiger partial charge < -0.3 is 15.7 Å². The lowest BCUT2D eigenvalue weighted by Gasteiger charge is -2.11. The van der Waals surface area contributed by atoms with Crippen LogP contribution in [0.25, 0.3) is 0 Å². The molecule has 0 aliphatic heterocycles. The Kier molecular flexibility index (Phi) is 5.71. The number of hydrogen-bond acceptors (Lipinski definition) is 3. The summed E-state index contributed by atoms with van der Waals surface area (Å²) in [7, 11) is 1.71. The summed E-state index contributed by atoms with van der Waals surface area (Å²) in [6.45, 7) is 0.594. The summed E-state index contributed by atoms with van der Waals surface area (Å²) in [6, 6.07) is 2.23. The number of hydrogen-bond donors (Lipinski definition) is 3. The summed E-state index contributed by atoms with van der Waals surface area (Å²) in [5.74, 6) is -1.97. The first-order valence-corrected chi connectivity index (χ1v) is 6.14. The number of nitrogens with one attached hydrogen (secondary N) is 2. The van der Waals surface area contributed by atoms with E-state index in [1.54, 1.807) is 7.05 Å². The van der Waals surface area contributed by atoms with E-state index in [1.165, 1.54) is 0 Å². The Morgan fingerprint density at radius 2 is 1.90 bits per heavy atom. The average molecular weight is 304 g/mol. The van der Waals surface area contributed by atoms with Gasteiger partial charge in [0, 0.05) is 12.1 Å². The molecule has 1 aromatic carbocycles. The third kappa shape index (κ3) is 5.42. The third-order valence-electron chi connectivity index (χ3n) is 2.62. The summed E-state index contributed by atoms with van der Waals surface area (Å²) in [6.07, 6.45) is -4.04. The smallest absolute Gasteiger partial charge is 0.416 e. The first kappa shape index (κ1) is 17.0. The van der Waals surface area contributed by atoms with E-state index in [0.717, 1.165) is 6.07 Å². The van der Waals surface area contributed by atoms with Crippen LogP contribution in [-0.4, -0.2) is 30.6 Å².